The molecule has 0 aromatic heterocycles. The number of hydrogen-bond acceptors (Lipinski definition) is 5. The highest BCUT2D eigenvalue weighted by molar-refractivity contribution is 5.77. The first kappa shape index (κ1) is 24.5. The molecule has 4 aliphatic carbocycles. The van der Waals surface area contributed by atoms with E-state index < -0.39 is 11.1 Å². The smallest absolute Gasteiger partial charge is 0.411 e. The number of likely N-dealkylation sites (tertiary alicyclic amines) is 1. The molecule has 3 atom stereocenters. The second-order valence-electron chi connectivity index (χ2n) is 12.4. The van der Waals surface area contributed by atoms with Gasteiger partial charge in [0.25, 0.3) is 0 Å². The molecule has 6 nitrogen and oxygen atoms in total. The van der Waals surface area contributed by atoms with Gasteiger partial charge in [-0.25, -0.2) is 9.18 Å². The van der Waals surface area contributed by atoms with Gasteiger partial charge in [-0.1, -0.05) is 12.1 Å². The second kappa shape index (κ2) is 8.75. The summed E-state index contributed by atoms with van der Waals surface area (Å²) in [6.45, 7) is 6.84. The zero-order chi connectivity index (χ0) is 25.0. The first-order valence-electron chi connectivity index (χ1n) is 13.1. The Bertz CT molecular complexity index is 958. The van der Waals surface area contributed by atoms with E-state index in [4.69, 9.17) is 9.47 Å². The summed E-state index contributed by atoms with van der Waals surface area (Å²) in [4.78, 5) is 27.9. The van der Waals surface area contributed by atoms with Crippen LogP contribution in [-0.4, -0.2) is 48.8 Å². The lowest BCUT2D eigenvalue weighted by Gasteiger charge is -2.59. The third-order valence-electron chi connectivity index (χ3n) is 9.01. The Hall–Kier alpha value is -2.15. The van der Waals surface area contributed by atoms with E-state index in [1.54, 1.807) is 0 Å². The van der Waals surface area contributed by atoms with Crippen molar-refractivity contribution in [3.8, 4) is 0 Å². The van der Waals surface area contributed by atoms with Gasteiger partial charge in [-0.3, -0.25) is 9.69 Å². The molecule has 1 amide bonds. The van der Waals surface area contributed by atoms with Crippen molar-refractivity contribution in [3.63, 3.8) is 0 Å². The number of amides is 1. The van der Waals surface area contributed by atoms with Gasteiger partial charge in [0.1, 0.15) is 11.4 Å². The molecule has 1 heterocycles. The third kappa shape index (κ3) is 4.34. The van der Waals surface area contributed by atoms with Crippen molar-refractivity contribution in [2.24, 2.45) is 23.2 Å². The van der Waals surface area contributed by atoms with E-state index in [9.17, 15) is 14.0 Å². The molecule has 3 unspecified atom stereocenters. The fourth-order valence-corrected chi connectivity index (χ4v) is 7.92. The first-order valence-corrected chi connectivity index (χ1v) is 13.1. The Morgan fingerprint density at radius 1 is 1.11 bits per heavy atom. The summed E-state index contributed by atoms with van der Waals surface area (Å²) in [5.41, 5.74) is -0.561. The number of methoxy groups -OCH3 is 1. The quantitative estimate of drug-likeness (QED) is 0.593. The van der Waals surface area contributed by atoms with Crippen molar-refractivity contribution in [1.82, 2.24) is 10.2 Å². The molecule has 4 bridgehead atoms. The monoisotopic (exact) mass is 486 g/mol. The number of esters is 1. The molecule has 192 valence electrons. The lowest BCUT2D eigenvalue weighted by molar-refractivity contribution is -0.171. The molecular formula is C28H39FN2O4. The lowest BCUT2D eigenvalue weighted by Crippen LogP contribution is -2.62. The molecule has 1 aromatic carbocycles. The van der Waals surface area contributed by atoms with Crippen molar-refractivity contribution < 1.29 is 23.5 Å². The van der Waals surface area contributed by atoms with Crippen LogP contribution in [0.2, 0.25) is 0 Å². The molecule has 1 aliphatic heterocycles. The van der Waals surface area contributed by atoms with E-state index in [1.807, 2.05) is 37.8 Å². The molecule has 1 N–H and O–H groups in total. The van der Waals surface area contributed by atoms with Gasteiger partial charge >= 0.3 is 12.1 Å². The molecule has 1 aromatic rings. The van der Waals surface area contributed by atoms with Crippen LogP contribution >= 0.6 is 0 Å². The van der Waals surface area contributed by atoms with Gasteiger partial charge in [0, 0.05) is 19.1 Å². The molecule has 5 fully saturated rings. The Morgan fingerprint density at radius 2 is 1.77 bits per heavy atom. The second-order valence-corrected chi connectivity index (χ2v) is 12.4. The van der Waals surface area contributed by atoms with E-state index in [1.165, 1.54) is 19.2 Å². The summed E-state index contributed by atoms with van der Waals surface area (Å²) in [7, 11) is 1.51. The van der Waals surface area contributed by atoms with Crippen LogP contribution in [0, 0.1) is 29.0 Å². The standard InChI is InChI=1S/C28H39FN2O4/c1-26(2,3)35-25(33)31-11-5-10-28(31,21-6-8-22(29)9-7-21)17-30-23-19-12-18-13-20(23)16-27(14-18,15-19)24(32)34-4/h6-9,18-20,23,30H,5,10-17H2,1-4H3. The number of hydrogen-bond donors (Lipinski definition) is 1. The SMILES string of the molecule is COC(=O)C12CC3CC(C1)C(NCC1(c4ccc(F)cc4)CCCN1C(=O)OC(C)(C)C)C(C3)C2. The molecular weight excluding hydrogens is 447 g/mol. The van der Waals surface area contributed by atoms with Crippen molar-refractivity contribution >= 4 is 12.1 Å². The van der Waals surface area contributed by atoms with Crippen molar-refractivity contribution in [1.29, 1.82) is 0 Å². The largest absolute Gasteiger partial charge is 0.469 e. The van der Waals surface area contributed by atoms with Gasteiger partial charge in [-0.15, -0.1) is 0 Å². The van der Waals surface area contributed by atoms with Gasteiger partial charge < -0.3 is 14.8 Å². The van der Waals surface area contributed by atoms with E-state index >= 15 is 0 Å². The number of carbonyl (C=O) groups excluding carboxylic acids is 2. The average molecular weight is 487 g/mol. The van der Waals surface area contributed by atoms with Gasteiger partial charge in [0.2, 0.25) is 0 Å². The average Bonchev–Trinajstić information content (AvgIpc) is 3.22. The van der Waals surface area contributed by atoms with Gasteiger partial charge in [0.15, 0.2) is 0 Å². The summed E-state index contributed by atoms with van der Waals surface area (Å²) in [5, 5.41) is 3.89. The van der Waals surface area contributed by atoms with Crippen LogP contribution < -0.4 is 5.32 Å². The molecule has 0 radical (unpaired) electrons. The normalized spacial score (nSPS) is 35.9. The van der Waals surface area contributed by atoms with Crippen molar-refractivity contribution in [2.45, 2.75) is 82.9 Å². The van der Waals surface area contributed by atoms with E-state index in [2.05, 4.69) is 5.32 Å². The maximum atomic E-state index is 13.8. The zero-order valence-corrected chi connectivity index (χ0v) is 21.4. The van der Waals surface area contributed by atoms with Crippen molar-refractivity contribution in [3.05, 3.63) is 35.6 Å². The predicted octanol–water partition coefficient (Wildman–Crippen LogP) is 5.01. The molecule has 1 saturated heterocycles. The summed E-state index contributed by atoms with van der Waals surface area (Å²) in [6.07, 6.45) is 6.35. The number of nitrogens with one attached hydrogen (secondary N) is 1. The highest BCUT2D eigenvalue weighted by Crippen LogP contribution is 2.60. The summed E-state index contributed by atoms with van der Waals surface area (Å²) < 4.78 is 24.8. The van der Waals surface area contributed by atoms with E-state index in [-0.39, 0.29) is 23.3 Å². The number of halogens is 1. The third-order valence-corrected chi connectivity index (χ3v) is 9.01. The summed E-state index contributed by atoms with van der Waals surface area (Å²) in [5.74, 6) is 1.14. The molecule has 4 saturated carbocycles. The maximum Gasteiger partial charge on any atom is 0.411 e. The van der Waals surface area contributed by atoms with Crippen LogP contribution in [0.5, 0.6) is 0 Å². The topological polar surface area (TPSA) is 67.9 Å². The molecule has 6 rings (SSSR count). The maximum absolute atomic E-state index is 13.8. The van der Waals surface area contributed by atoms with Gasteiger partial charge in [0.05, 0.1) is 18.1 Å². The Morgan fingerprint density at radius 3 is 2.37 bits per heavy atom. The highest BCUT2D eigenvalue weighted by atomic mass is 19.1. The predicted molar refractivity (Wildman–Crippen MR) is 130 cm³/mol. The molecule has 0 spiro atoms. The lowest BCUT2D eigenvalue weighted by atomic mass is 9.48. The van der Waals surface area contributed by atoms with Gasteiger partial charge in [-0.05, 0) is 101 Å². The molecule has 35 heavy (non-hydrogen) atoms. The minimum Gasteiger partial charge on any atom is -0.469 e. The minimum atomic E-state index is -0.593. The number of rotatable bonds is 5. The van der Waals surface area contributed by atoms with Gasteiger partial charge in [-0.2, -0.15) is 0 Å². The molecule has 5 aliphatic rings. The van der Waals surface area contributed by atoms with Crippen LogP contribution in [0.15, 0.2) is 24.3 Å². The number of benzene rings is 1. The Kier molecular flexibility index (Phi) is 6.14. The summed E-state index contributed by atoms with van der Waals surface area (Å²) in [6, 6.07) is 6.88. The number of carbonyl (C=O) groups is 2. The fourth-order valence-electron chi connectivity index (χ4n) is 7.92. The number of nitrogens with zero attached hydrogens (tertiary/aromatic N) is 1. The minimum absolute atomic E-state index is 0.0370. The highest BCUT2D eigenvalue weighted by Gasteiger charge is 2.59. The zero-order valence-electron chi connectivity index (χ0n) is 21.4. The Balaban J connectivity index is 1.40. The van der Waals surface area contributed by atoms with E-state index in [0.717, 1.165) is 50.5 Å². The van der Waals surface area contributed by atoms with E-state index in [0.29, 0.717) is 36.9 Å². The van der Waals surface area contributed by atoms with Crippen LogP contribution in [0.4, 0.5) is 9.18 Å². The number of ether oxygens (including phenoxy) is 2. The molecule has 7 heteroatoms. The fraction of sp³-hybridized carbons (Fsp3) is 0.714. The Labute approximate surface area is 207 Å². The van der Waals surface area contributed by atoms with Crippen LogP contribution in [0.3, 0.4) is 0 Å². The van der Waals surface area contributed by atoms with Crippen molar-refractivity contribution in [2.75, 3.05) is 20.2 Å². The van der Waals surface area contributed by atoms with Crippen LogP contribution in [-0.2, 0) is 19.8 Å². The first-order chi connectivity index (χ1) is 16.6. The van der Waals surface area contributed by atoms with Crippen LogP contribution in [0.1, 0.15) is 71.3 Å². The summed E-state index contributed by atoms with van der Waals surface area (Å²) >= 11 is 0. The van der Waals surface area contributed by atoms with Crippen LogP contribution in [0.25, 0.3) is 0 Å².